The van der Waals surface area contributed by atoms with E-state index in [1.807, 2.05) is 30.3 Å². The molecule has 0 spiro atoms. The number of rotatable bonds is 4. The third-order valence-corrected chi connectivity index (χ3v) is 5.79. The maximum absolute atomic E-state index is 11.9. The zero-order valence-corrected chi connectivity index (χ0v) is 14.1. The Kier molecular flexibility index (Phi) is 5.73. The van der Waals surface area contributed by atoms with E-state index < -0.39 is 0 Å². The van der Waals surface area contributed by atoms with Crippen molar-refractivity contribution in [1.82, 2.24) is 5.32 Å². The van der Waals surface area contributed by atoms with Crippen molar-refractivity contribution < 1.29 is 4.79 Å². The van der Waals surface area contributed by atoms with Crippen molar-refractivity contribution in [3.05, 3.63) is 42.5 Å². The monoisotopic (exact) mass is 401 g/mol. The molecule has 1 unspecified atom stereocenters. The van der Waals surface area contributed by atoms with Gasteiger partial charge in [-0.1, -0.05) is 68.3 Å². The van der Waals surface area contributed by atoms with Crippen molar-refractivity contribution in [1.29, 1.82) is 0 Å². The fourth-order valence-electron chi connectivity index (χ4n) is 1.67. The van der Waals surface area contributed by atoms with E-state index in [1.165, 1.54) is 11.8 Å². The van der Waals surface area contributed by atoms with Crippen LogP contribution in [0.2, 0.25) is 0 Å². The summed E-state index contributed by atoms with van der Waals surface area (Å²) in [5.74, 6) is 0. The number of hydrogen-bond donors (Lipinski definition) is 1. The molecule has 0 heterocycles. The van der Waals surface area contributed by atoms with E-state index in [2.05, 4.69) is 49.3 Å². The summed E-state index contributed by atoms with van der Waals surface area (Å²) in [6, 6.07) is 14.1. The second kappa shape index (κ2) is 7.31. The number of carbonyl (C=O) groups is 1. The van der Waals surface area contributed by atoms with Crippen LogP contribution in [0, 0.1) is 0 Å². The number of halogens is 2. The number of fused-ring (bicyclic) bond motifs is 1. The number of nitrogens with one attached hydrogen (secondary N) is 1. The van der Waals surface area contributed by atoms with Crippen molar-refractivity contribution in [3.63, 3.8) is 0 Å². The molecule has 0 aliphatic rings. The highest BCUT2D eigenvalue weighted by atomic mass is 79.9. The Hall–Kier alpha value is -0.520. The minimum Gasteiger partial charge on any atom is -0.346 e. The zero-order valence-electron chi connectivity index (χ0n) is 10.1. The molecule has 2 aromatic rings. The fraction of sp³-hybridized carbons (Fsp3) is 0.214. The summed E-state index contributed by atoms with van der Waals surface area (Å²) in [5, 5.41) is 5.94. The maximum Gasteiger partial charge on any atom is 0.283 e. The van der Waals surface area contributed by atoms with Crippen LogP contribution in [-0.4, -0.2) is 21.9 Å². The number of carbonyl (C=O) groups excluding carboxylic acids is 1. The largest absolute Gasteiger partial charge is 0.346 e. The molecule has 1 atom stereocenters. The van der Waals surface area contributed by atoms with E-state index in [0.717, 1.165) is 21.0 Å². The van der Waals surface area contributed by atoms with E-state index in [4.69, 9.17) is 0 Å². The first-order valence-electron chi connectivity index (χ1n) is 5.84. The minimum atomic E-state index is -0.0262. The predicted molar refractivity (Wildman–Crippen MR) is 89.7 cm³/mol. The third-order valence-electron chi connectivity index (χ3n) is 2.59. The van der Waals surface area contributed by atoms with E-state index in [1.54, 1.807) is 0 Å². The summed E-state index contributed by atoms with van der Waals surface area (Å²) in [6.45, 7) is 0.613. The Morgan fingerprint density at radius 2 is 1.95 bits per heavy atom. The van der Waals surface area contributed by atoms with Gasteiger partial charge < -0.3 is 5.32 Å². The van der Waals surface area contributed by atoms with Crippen LogP contribution in [0.25, 0.3) is 10.8 Å². The van der Waals surface area contributed by atoms with Gasteiger partial charge in [-0.3, -0.25) is 4.79 Å². The van der Waals surface area contributed by atoms with E-state index >= 15 is 0 Å². The van der Waals surface area contributed by atoms with Gasteiger partial charge in [0.15, 0.2) is 0 Å². The molecule has 1 N–H and O–H groups in total. The van der Waals surface area contributed by atoms with Crippen LogP contribution < -0.4 is 5.32 Å². The lowest BCUT2D eigenvalue weighted by Gasteiger charge is -2.09. The Labute approximate surface area is 133 Å². The zero-order chi connectivity index (χ0) is 13.7. The average Bonchev–Trinajstić information content (AvgIpc) is 2.45. The first kappa shape index (κ1) is 14.9. The van der Waals surface area contributed by atoms with E-state index in [9.17, 15) is 4.79 Å². The second-order valence-corrected chi connectivity index (χ2v) is 6.96. The molecular weight excluding hydrogens is 390 g/mol. The van der Waals surface area contributed by atoms with Crippen LogP contribution in [0.1, 0.15) is 0 Å². The third kappa shape index (κ3) is 4.23. The van der Waals surface area contributed by atoms with Crippen molar-refractivity contribution in [2.75, 3.05) is 11.9 Å². The highest BCUT2D eigenvalue weighted by Crippen LogP contribution is 2.28. The number of alkyl halides is 2. The SMILES string of the molecule is O=C(NCC(Br)CBr)Sc1cccc2ccccc12. The van der Waals surface area contributed by atoms with Gasteiger partial charge in [-0.05, 0) is 28.6 Å². The van der Waals surface area contributed by atoms with Gasteiger partial charge in [0.25, 0.3) is 5.24 Å². The highest BCUT2D eigenvalue weighted by Gasteiger charge is 2.09. The van der Waals surface area contributed by atoms with Gasteiger partial charge in [-0.25, -0.2) is 0 Å². The quantitative estimate of drug-likeness (QED) is 0.587. The van der Waals surface area contributed by atoms with Crippen LogP contribution in [0.4, 0.5) is 4.79 Å². The molecule has 1 amide bonds. The second-order valence-electron chi connectivity index (χ2n) is 4.00. The molecule has 100 valence electrons. The Balaban J connectivity index is 2.07. The van der Waals surface area contributed by atoms with Crippen LogP contribution in [0.5, 0.6) is 0 Å². The summed E-state index contributed by atoms with van der Waals surface area (Å²) in [6.07, 6.45) is 0. The number of amides is 1. The molecule has 2 aromatic carbocycles. The Bertz CT molecular complexity index is 571. The van der Waals surface area contributed by atoms with Gasteiger partial charge in [-0.2, -0.15) is 0 Å². The lowest BCUT2D eigenvalue weighted by Crippen LogP contribution is -2.26. The summed E-state index contributed by atoms with van der Waals surface area (Å²) in [4.78, 5) is 13.1. The summed E-state index contributed by atoms with van der Waals surface area (Å²) in [7, 11) is 0. The molecule has 0 saturated heterocycles. The smallest absolute Gasteiger partial charge is 0.283 e. The topological polar surface area (TPSA) is 29.1 Å². The lowest BCUT2D eigenvalue weighted by molar-refractivity contribution is 0.261. The van der Waals surface area contributed by atoms with Crippen LogP contribution >= 0.6 is 43.6 Å². The van der Waals surface area contributed by atoms with Crippen molar-refractivity contribution in [2.45, 2.75) is 9.72 Å². The van der Waals surface area contributed by atoms with Gasteiger partial charge in [-0.15, -0.1) is 0 Å². The summed E-state index contributed by atoms with van der Waals surface area (Å²) < 4.78 is 0. The number of thioether (sulfide) groups is 1. The van der Waals surface area contributed by atoms with Gasteiger partial charge in [0, 0.05) is 21.6 Å². The Morgan fingerprint density at radius 1 is 1.21 bits per heavy atom. The molecule has 0 bridgehead atoms. The van der Waals surface area contributed by atoms with Gasteiger partial charge in [0.05, 0.1) is 0 Å². The van der Waals surface area contributed by atoms with Crippen molar-refractivity contribution >= 4 is 59.6 Å². The minimum absolute atomic E-state index is 0.0262. The molecule has 0 fully saturated rings. The molecule has 0 saturated carbocycles. The Morgan fingerprint density at radius 3 is 2.74 bits per heavy atom. The molecule has 0 aliphatic carbocycles. The molecular formula is C14H13Br2NOS. The fourth-order valence-corrected chi connectivity index (χ4v) is 2.86. The van der Waals surface area contributed by atoms with Crippen molar-refractivity contribution in [3.8, 4) is 0 Å². The van der Waals surface area contributed by atoms with Crippen LogP contribution in [-0.2, 0) is 0 Å². The van der Waals surface area contributed by atoms with Gasteiger partial charge in [0.2, 0.25) is 0 Å². The van der Waals surface area contributed by atoms with Gasteiger partial charge >= 0.3 is 0 Å². The van der Waals surface area contributed by atoms with Gasteiger partial charge in [0.1, 0.15) is 0 Å². The summed E-state index contributed by atoms with van der Waals surface area (Å²) >= 11 is 8.06. The highest BCUT2D eigenvalue weighted by molar-refractivity contribution is 9.12. The summed E-state index contributed by atoms with van der Waals surface area (Å²) in [5.41, 5.74) is 0. The average molecular weight is 403 g/mol. The number of hydrogen-bond acceptors (Lipinski definition) is 2. The molecule has 19 heavy (non-hydrogen) atoms. The molecule has 0 aromatic heterocycles. The standard InChI is InChI=1S/C14H13Br2NOS/c15-8-11(16)9-17-14(18)19-13-7-3-5-10-4-1-2-6-12(10)13/h1-7,11H,8-9H2,(H,17,18). The van der Waals surface area contributed by atoms with Crippen LogP contribution in [0.15, 0.2) is 47.4 Å². The predicted octanol–water partition coefficient (Wildman–Crippen LogP) is 4.80. The first-order valence-corrected chi connectivity index (χ1v) is 8.69. The van der Waals surface area contributed by atoms with E-state index in [0.29, 0.717) is 6.54 Å². The van der Waals surface area contributed by atoms with E-state index in [-0.39, 0.29) is 10.1 Å². The van der Waals surface area contributed by atoms with Crippen LogP contribution in [0.3, 0.4) is 0 Å². The molecule has 0 radical (unpaired) electrons. The lowest BCUT2D eigenvalue weighted by atomic mass is 10.1. The molecule has 0 aliphatic heterocycles. The molecule has 5 heteroatoms. The van der Waals surface area contributed by atoms with Crippen molar-refractivity contribution in [2.24, 2.45) is 0 Å². The normalized spacial score (nSPS) is 12.3. The maximum atomic E-state index is 11.9. The first-order chi connectivity index (χ1) is 9.20. The number of benzene rings is 2. The molecule has 2 rings (SSSR count). The molecule has 2 nitrogen and oxygen atoms in total.